The molecule has 0 aromatic heterocycles. The lowest BCUT2D eigenvalue weighted by Gasteiger charge is -2.27. The molecule has 1 N–H and O–H groups in total. The fourth-order valence-electron chi connectivity index (χ4n) is 3.10. The second-order valence-corrected chi connectivity index (χ2v) is 5.69. The van der Waals surface area contributed by atoms with E-state index in [1.54, 1.807) is 20.3 Å². The summed E-state index contributed by atoms with van der Waals surface area (Å²) in [5.74, 6) is 2.64. The lowest BCUT2D eigenvalue weighted by atomic mass is 9.92. The van der Waals surface area contributed by atoms with Crippen LogP contribution >= 0.6 is 0 Å². The highest BCUT2D eigenvalue weighted by atomic mass is 16.7. The van der Waals surface area contributed by atoms with E-state index in [1.807, 2.05) is 24.3 Å². The van der Waals surface area contributed by atoms with E-state index in [0.29, 0.717) is 35.0 Å². The normalized spacial score (nSPS) is 17.9. The number of fused-ring (bicyclic) bond motifs is 2. The van der Waals surface area contributed by atoms with Gasteiger partial charge in [-0.2, -0.15) is 0 Å². The van der Waals surface area contributed by atoms with Crippen LogP contribution in [0.1, 0.15) is 28.4 Å². The minimum Gasteiger partial charge on any atom is -0.493 e. The fraction of sp³-hybridized carbons (Fsp3) is 0.278. The van der Waals surface area contributed by atoms with Crippen molar-refractivity contribution in [2.75, 3.05) is 26.3 Å². The van der Waals surface area contributed by atoms with Crippen molar-refractivity contribution in [1.82, 2.24) is 0 Å². The Bertz CT molecular complexity index is 817. The Morgan fingerprint density at radius 1 is 1.04 bits per heavy atom. The predicted octanol–water partition coefficient (Wildman–Crippen LogP) is 3.17. The molecule has 0 spiro atoms. The molecule has 2 aliphatic heterocycles. The second kappa shape index (κ2) is 5.63. The van der Waals surface area contributed by atoms with Crippen molar-refractivity contribution in [3.8, 4) is 23.0 Å². The Morgan fingerprint density at radius 2 is 1.79 bits per heavy atom. The maximum atomic E-state index is 12.6. The minimum absolute atomic E-state index is 0.0711. The highest BCUT2D eigenvalue weighted by Crippen LogP contribution is 2.42. The van der Waals surface area contributed by atoms with Gasteiger partial charge in [-0.25, -0.2) is 0 Å². The molecule has 2 aliphatic rings. The standard InChI is InChI=1S/C18H17NO5/c1-21-15-4-3-10(5-16(15)22-2)12-7-14(20)11-6-17-18(24-9-23-17)8-13(11)19-12/h3-6,8,12,19H,7,9H2,1-2H3/t12-/m1/s1. The van der Waals surface area contributed by atoms with Crippen LogP contribution in [0.3, 0.4) is 0 Å². The first-order chi connectivity index (χ1) is 11.7. The van der Waals surface area contributed by atoms with E-state index in [-0.39, 0.29) is 18.6 Å². The molecule has 124 valence electrons. The van der Waals surface area contributed by atoms with E-state index in [1.165, 1.54) is 0 Å². The highest BCUT2D eigenvalue weighted by molar-refractivity contribution is 6.04. The summed E-state index contributed by atoms with van der Waals surface area (Å²) >= 11 is 0. The number of benzene rings is 2. The molecule has 4 rings (SSSR count). The summed E-state index contributed by atoms with van der Waals surface area (Å²) in [5, 5.41) is 3.41. The second-order valence-electron chi connectivity index (χ2n) is 5.69. The van der Waals surface area contributed by atoms with Gasteiger partial charge in [-0.15, -0.1) is 0 Å². The molecule has 0 saturated carbocycles. The topological polar surface area (TPSA) is 66.0 Å². The molecule has 0 aliphatic carbocycles. The highest BCUT2D eigenvalue weighted by Gasteiger charge is 2.29. The minimum atomic E-state index is -0.134. The van der Waals surface area contributed by atoms with Crippen molar-refractivity contribution in [2.45, 2.75) is 12.5 Å². The largest absolute Gasteiger partial charge is 0.493 e. The third-order valence-electron chi connectivity index (χ3n) is 4.34. The van der Waals surface area contributed by atoms with Crippen LogP contribution in [-0.2, 0) is 0 Å². The summed E-state index contributed by atoms with van der Waals surface area (Å²) in [6, 6.07) is 9.10. The molecule has 2 aromatic rings. The van der Waals surface area contributed by atoms with Gasteiger partial charge in [0.2, 0.25) is 6.79 Å². The molecule has 2 heterocycles. The average molecular weight is 327 g/mol. The van der Waals surface area contributed by atoms with Crippen LogP contribution in [0.15, 0.2) is 30.3 Å². The zero-order valence-corrected chi connectivity index (χ0v) is 13.4. The first-order valence-corrected chi connectivity index (χ1v) is 7.65. The van der Waals surface area contributed by atoms with Gasteiger partial charge < -0.3 is 24.3 Å². The van der Waals surface area contributed by atoms with Crippen LogP contribution in [-0.4, -0.2) is 26.8 Å². The van der Waals surface area contributed by atoms with Gasteiger partial charge in [-0.3, -0.25) is 4.79 Å². The number of carbonyl (C=O) groups is 1. The van der Waals surface area contributed by atoms with Crippen molar-refractivity contribution >= 4 is 11.5 Å². The van der Waals surface area contributed by atoms with Gasteiger partial charge in [0.05, 0.1) is 20.3 Å². The molecule has 0 radical (unpaired) electrons. The summed E-state index contributed by atoms with van der Waals surface area (Å²) in [6.07, 6.45) is 0.363. The quantitative estimate of drug-likeness (QED) is 0.934. The van der Waals surface area contributed by atoms with Gasteiger partial charge in [0, 0.05) is 23.7 Å². The lowest BCUT2D eigenvalue weighted by Crippen LogP contribution is -2.22. The molecule has 2 aromatic carbocycles. The van der Waals surface area contributed by atoms with E-state index in [0.717, 1.165) is 11.3 Å². The summed E-state index contributed by atoms with van der Waals surface area (Å²) < 4.78 is 21.4. The molecule has 0 unspecified atom stereocenters. The fourth-order valence-corrected chi connectivity index (χ4v) is 3.10. The molecule has 0 saturated heterocycles. The predicted molar refractivity (Wildman–Crippen MR) is 87.4 cm³/mol. The van der Waals surface area contributed by atoms with E-state index in [9.17, 15) is 4.79 Å². The maximum Gasteiger partial charge on any atom is 0.231 e. The van der Waals surface area contributed by atoms with Crippen molar-refractivity contribution in [3.05, 3.63) is 41.5 Å². The summed E-state index contributed by atoms with van der Waals surface area (Å²) in [7, 11) is 3.19. The number of methoxy groups -OCH3 is 2. The smallest absolute Gasteiger partial charge is 0.231 e. The molecule has 6 nitrogen and oxygen atoms in total. The monoisotopic (exact) mass is 327 g/mol. The number of rotatable bonds is 3. The van der Waals surface area contributed by atoms with Crippen LogP contribution < -0.4 is 24.3 Å². The maximum absolute atomic E-state index is 12.6. The number of Topliss-reactive ketones (excluding diaryl/α,β-unsaturated/α-hetero) is 1. The molecular formula is C18H17NO5. The lowest BCUT2D eigenvalue weighted by molar-refractivity contribution is 0.0972. The Hall–Kier alpha value is -2.89. The number of hydrogen-bond donors (Lipinski definition) is 1. The van der Waals surface area contributed by atoms with Crippen LogP contribution in [0.25, 0.3) is 0 Å². The molecule has 0 fully saturated rings. The number of anilines is 1. The Morgan fingerprint density at radius 3 is 2.54 bits per heavy atom. The van der Waals surface area contributed by atoms with Crippen molar-refractivity contribution in [1.29, 1.82) is 0 Å². The van der Waals surface area contributed by atoms with Crippen molar-refractivity contribution in [2.24, 2.45) is 0 Å². The Labute approximate surface area is 139 Å². The number of ether oxygens (including phenoxy) is 4. The van der Waals surface area contributed by atoms with Gasteiger partial charge in [0.1, 0.15) is 0 Å². The molecule has 0 amide bonds. The molecular weight excluding hydrogens is 310 g/mol. The van der Waals surface area contributed by atoms with Gasteiger partial charge in [-0.05, 0) is 23.8 Å². The van der Waals surface area contributed by atoms with Crippen molar-refractivity contribution < 1.29 is 23.7 Å². The van der Waals surface area contributed by atoms with E-state index in [4.69, 9.17) is 18.9 Å². The Kier molecular flexibility index (Phi) is 3.45. The number of hydrogen-bond acceptors (Lipinski definition) is 6. The van der Waals surface area contributed by atoms with E-state index in [2.05, 4.69) is 5.32 Å². The first kappa shape index (κ1) is 14.7. The molecule has 6 heteroatoms. The zero-order valence-electron chi connectivity index (χ0n) is 13.4. The van der Waals surface area contributed by atoms with Crippen LogP contribution in [0, 0.1) is 0 Å². The van der Waals surface area contributed by atoms with E-state index >= 15 is 0 Å². The van der Waals surface area contributed by atoms with E-state index < -0.39 is 0 Å². The van der Waals surface area contributed by atoms with Crippen LogP contribution in [0.5, 0.6) is 23.0 Å². The van der Waals surface area contributed by atoms with Crippen molar-refractivity contribution in [3.63, 3.8) is 0 Å². The summed E-state index contributed by atoms with van der Waals surface area (Å²) in [4.78, 5) is 12.6. The molecule has 1 atom stereocenters. The van der Waals surface area contributed by atoms with Gasteiger partial charge >= 0.3 is 0 Å². The van der Waals surface area contributed by atoms with Gasteiger partial charge in [0.25, 0.3) is 0 Å². The summed E-state index contributed by atoms with van der Waals surface area (Å²) in [5.41, 5.74) is 2.36. The number of carbonyl (C=O) groups excluding carboxylic acids is 1. The third-order valence-corrected chi connectivity index (χ3v) is 4.34. The molecule has 0 bridgehead atoms. The first-order valence-electron chi connectivity index (χ1n) is 7.65. The van der Waals surface area contributed by atoms with Crippen LogP contribution in [0.4, 0.5) is 5.69 Å². The zero-order chi connectivity index (χ0) is 16.7. The molecule has 24 heavy (non-hydrogen) atoms. The SMILES string of the molecule is COc1ccc([C@H]2CC(=O)c3cc4c(cc3N2)OCO4)cc1OC. The van der Waals surface area contributed by atoms with Gasteiger partial charge in [0.15, 0.2) is 28.8 Å². The number of ketones is 1. The van der Waals surface area contributed by atoms with Crippen LogP contribution in [0.2, 0.25) is 0 Å². The summed E-state index contributed by atoms with van der Waals surface area (Å²) in [6.45, 7) is 0.186. The Balaban J connectivity index is 1.69. The number of nitrogens with one attached hydrogen (secondary N) is 1. The third kappa shape index (κ3) is 2.31. The van der Waals surface area contributed by atoms with Gasteiger partial charge in [-0.1, -0.05) is 6.07 Å². The average Bonchev–Trinajstić information content (AvgIpc) is 3.06.